The van der Waals surface area contributed by atoms with Gasteiger partial charge in [-0.1, -0.05) is 42.5 Å². The van der Waals surface area contributed by atoms with Crippen molar-refractivity contribution in [2.45, 2.75) is 6.92 Å². The highest BCUT2D eigenvalue weighted by molar-refractivity contribution is 6.12. The summed E-state index contributed by atoms with van der Waals surface area (Å²) in [6.45, 7) is 2.44. The molecule has 4 aromatic rings. The first-order valence-corrected chi connectivity index (χ1v) is 11.5. The number of hydrogen-bond donors (Lipinski definition) is 1. The van der Waals surface area contributed by atoms with Crippen molar-refractivity contribution in [3.05, 3.63) is 90.0 Å². The molecule has 0 aliphatic rings. The van der Waals surface area contributed by atoms with Crippen LogP contribution in [0.15, 0.2) is 78.9 Å². The van der Waals surface area contributed by atoms with Crippen molar-refractivity contribution < 1.29 is 23.8 Å². The number of ether oxygens (including phenoxy) is 3. The predicted octanol–water partition coefficient (Wildman–Crippen LogP) is 5.78. The van der Waals surface area contributed by atoms with Gasteiger partial charge in [0.25, 0.3) is 11.8 Å². The maximum absolute atomic E-state index is 13.5. The average Bonchev–Trinajstić information content (AvgIpc) is 2.92. The number of amides is 2. The summed E-state index contributed by atoms with van der Waals surface area (Å²) in [4.78, 5) is 28.3. The Bertz CT molecular complexity index is 1390. The molecule has 184 valence electrons. The number of anilines is 2. The Morgan fingerprint density at radius 2 is 1.44 bits per heavy atom. The molecule has 0 aliphatic heterocycles. The lowest BCUT2D eigenvalue weighted by atomic mass is 10.1. The fourth-order valence-corrected chi connectivity index (χ4v) is 4.17. The monoisotopic (exact) mass is 484 g/mol. The van der Waals surface area contributed by atoms with Gasteiger partial charge in [-0.05, 0) is 48.7 Å². The summed E-state index contributed by atoms with van der Waals surface area (Å²) in [5.41, 5.74) is 2.13. The molecule has 4 aromatic carbocycles. The fraction of sp³-hybridized carbons (Fsp3) is 0.172. The van der Waals surface area contributed by atoms with Crippen LogP contribution < -0.4 is 24.4 Å². The van der Waals surface area contributed by atoms with Crippen molar-refractivity contribution >= 4 is 34.0 Å². The second-order valence-electron chi connectivity index (χ2n) is 8.00. The van der Waals surface area contributed by atoms with Crippen molar-refractivity contribution in [2.75, 3.05) is 38.1 Å². The van der Waals surface area contributed by atoms with Gasteiger partial charge >= 0.3 is 0 Å². The summed E-state index contributed by atoms with van der Waals surface area (Å²) in [5, 5.41) is 4.92. The number of carbonyl (C=O) groups is 2. The number of nitrogens with one attached hydrogen (secondary N) is 1. The van der Waals surface area contributed by atoms with Crippen LogP contribution in [0.1, 0.15) is 27.6 Å². The zero-order chi connectivity index (χ0) is 25.7. The van der Waals surface area contributed by atoms with E-state index in [4.69, 9.17) is 14.2 Å². The van der Waals surface area contributed by atoms with E-state index in [1.54, 1.807) is 41.3 Å². The van der Waals surface area contributed by atoms with Crippen LogP contribution in [0.5, 0.6) is 17.2 Å². The zero-order valence-corrected chi connectivity index (χ0v) is 20.7. The van der Waals surface area contributed by atoms with Crippen LogP contribution in [0.3, 0.4) is 0 Å². The van der Waals surface area contributed by atoms with Gasteiger partial charge in [-0.15, -0.1) is 0 Å². The molecule has 0 fully saturated rings. The molecule has 0 aliphatic carbocycles. The highest BCUT2D eigenvalue weighted by Crippen LogP contribution is 2.38. The number of hydrogen-bond acceptors (Lipinski definition) is 5. The highest BCUT2D eigenvalue weighted by atomic mass is 16.5. The maximum Gasteiger partial charge on any atom is 0.258 e. The molecule has 0 saturated carbocycles. The number of carbonyl (C=O) groups excluding carboxylic acids is 2. The van der Waals surface area contributed by atoms with E-state index >= 15 is 0 Å². The van der Waals surface area contributed by atoms with Crippen LogP contribution in [0.4, 0.5) is 11.4 Å². The molecule has 1 N–H and O–H groups in total. The average molecular weight is 485 g/mol. The normalized spacial score (nSPS) is 10.6. The van der Waals surface area contributed by atoms with Crippen molar-refractivity contribution in [2.24, 2.45) is 0 Å². The summed E-state index contributed by atoms with van der Waals surface area (Å²) < 4.78 is 16.0. The highest BCUT2D eigenvalue weighted by Gasteiger charge is 2.20. The molecule has 0 radical (unpaired) electrons. The van der Waals surface area contributed by atoms with Crippen LogP contribution >= 0.6 is 0 Å². The predicted molar refractivity (Wildman–Crippen MR) is 142 cm³/mol. The second-order valence-corrected chi connectivity index (χ2v) is 8.00. The molecule has 0 atom stereocenters. The number of fused-ring (bicyclic) bond motifs is 1. The number of methoxy groups -OCH3 is 3. The van der Waals surface area contributed by atoms with E-state index in [1.165, 1.54) is 21.3 Å². The minimum Gasteiger partial charge on any atom is -0.493 e. The Balaban J connectivity index is 1.61. The van der Waals surface area contributed by atoms with E-state index in [0.29, 0.717) is 40.6 Å². The summed E-state index contributed by atoms with van der Waals surface area (Å²) in [5.74, 6) is 0.620. The molecule has 0 unspecified atom stereocenters. The van der Waals surface area contributed by atoms with E-state index in [2.05, 4.69) is 5.32 Å². The number of rotatable bonds is 8. The van der Waals surface area contributed by atoms with Gasteiger partial charge < -0.3 is 24.4 Å². The fourth-order valence-electron chi connectivity index (χ4n) is 4.17. The van der Waals surface area contributed by atoms with Gasteiger partial charge in [0.2, 0.25) is 5.75 Å². The zero-order valence-electron chi connectivity index (χ0n) is 20.7. The first-order valence-electron chi connectivity index (χ1n) is 11.5. The summed E-state index contributed by atoms with van der Waals surface area (Å²) in [6, 6.07) is 23.9. The van der Waals surface area contributed by atoms with Crippen molar-refractivity contribution in [1.29, 1.82) is 0 Å². The van der Waals surface area contributed by atoms with Crippen LogP contribution in [0.2, 0.25) is 0 Å². The molecule has 0 bridgehead atoms. The number of nitrogens with zero attached hydrogens (tertiary/aromatic N) is 1. The molecule has 0 spiro atoms. The quantitative estimate of drug-likeness (QED) is 0.343. The Kier molecular flexibility index (Phi) is 7.39. The van der Waals surface area contributed by atoms with Crippen LogP contribution in [-0.2, 0) is 0 Å². The van der Waals surface area contributed by atoms with E-state index in [9.17, 15) is 9.59 Å². The molecule has 0 heterocycles. The first-order chi connectivity index (χ1) is 17.5. The Morgan fingerprint density at radius 1 is 0.778 bits per heavy atom. The summed E-state index contributed by atoms with van der Waals surface area (Å²) in [7, 11) is 4.48. The topological polar surface area (TPSA) is 77.1 Å². The molecule has 7 nitrogen and oxygen atoms in total. The molecular formula is C29H28N2O5. The molecule has 0 saturated heterocycles. The molecule has 4 rings (SSSR count). The molecule has 2 amide bonds. The second kappa shape index (κ2) is 10.8. The first kappa shape index (κ1) is 24.6. The Hall–Kier alpha value is -4.52. The lowest BCUT2D eigenvalue weighted by molar-refractivity contribution is 0.0985. The summed E-state index contributed by atoms with van der Waals surface area (Å²) in [6.07, 6.45) is 0. The van der Waals surface area contributed by atoms with E-state index in [0.717, 1.165) is 16.5 Å². The Morgan fingerprint density at radius 3 is 2.11 bits per heavy atom. The SMILES string of the molecule is CCN(C(=O)c1cccc(NC(=O)c2cc(OC)c(OC)c(OC)c2)c1)c1cccc2ccccc12. The van der Waals surface area contributed by atoms with Crippen molar-refractivity contribution in [1.82, 2.24) is 0 Å². The standard InChI is InChI=1S/C29H28N2O5/c1-5-31(24-15-9-11-19-10-6-7-14-23(19)24)29(33)20-12-8-13-22(16-20)30-28(32)21-17-25(34-2)27(36-4)26(18-21)35-3/h6-18H,5H2,1-4H3,(H,30,32). The van der Waals surface area contributed by atoms with E-state index < -0.39 is 0 Å². The van der Waals surface area contributed by atoms with Gasteiger partial charge in [0.15, 0.2) is 11.5 Å². The minimum atomic E-state index is -0.375. The lowest BCUT2D eigenvalue weighted by Crippen LogP contribution is -2.30. The maximum atomic E-state index is 13.5. The minimum absolute atomic E-state index is 0.155. The smallest absolute Gasteiger partial charge is 0.258 e. The van der Waals surface area contributed by atoms with Gasteiger partial charge in [0.1, 0.15) is 0 Å². The van der Waals surface area contributed by atoms with Gasteiger partial charge in [-0.2, -0.15) is 0 Å². The van der Waals surface area contributed by atoms with Gasteiger partial charge in [-0.25, -0.2) is 0 Å². The largest absolute Gasteiger partial charge is 0.493 e. The van der Waals surface area contributed by atoms with Crippen LogP contribution in [0, 0.1) is 0 Å². The van der Waals surface area contributed by atoms with Crippen molar-refractivity contribution in [3.63, 3.8) is 0 Å². The van der Waals surface area contributed by atoms with Gasteiger partial charge in [0.05, 0.1) is 27.0 Å². The molecule has 7 heteroatoms. The van der Waals surface area contributed by atoms with Crippen molar-refractivity contribution in [3.8, 4) is 17.2 Å². The third kappa shape index (κ3) is 4.81. The molecular weight excluding hydrogens is 456 g/mol. The number of benzene rings is 4. The molecule has 36 heavy (non-hydrogen) atoms. The van der Waals surface area contributed by atoms with Crippen LogP contribution in [-0.4, -0.2) is 39.7 Å². The van der Waals surface area contributed by atoms with Gasteiger partial charge in [0, 0.05) is 28.7 Å². The third-order valence-electron chi connectivity index (χ3n) is 5.91. The molecule has 0 aromatic heterocycles. The van der Waals surface area contributed by atoms with Gasteiger partial charge in [-0.3, -0.25) is 9.59 Å². The summed E-state index contributed by atoms with van der Waals surface area (Å²) >= 11 is 0. The van der Waals surface area contributed by atoms with E-state index in [1.807, 2.05) is 49.4 Å². The Labute approximate surface area is 210 Å². The van der Waals surface area contributed by atoms with E-state index in [-0.39, 0.29) is 11.8 Å². The van der Waals surface area contributed by atoms with Crippen LogP contribution in [0.25, 0.3) is 10.8 Å². The third-order valence-corrected chi connectivity index (χ3v) is 5.91. The lowest BCUT2D eigenvalue weighted by Gasteiger charge is -2.23.